The minimum Gasteiger partial charge on any atom is -0.493 e. The van der Waals surface area contributed by atoms with Crippen molar-refractivity contribution < 1.29 is 9.47 Å². The van der Waals surface area contributed by atoms with Crippen molar-refractivity contribution in [3.63, 3.8) is 0 Å². The molecule has 0 aliphatic heterocycles. The highest BCUT2D eigenvalue weighted by molar-refractivity contribution is 14.0. The first-order valence-electron chi connectivity index (χ1n) is 9.95. The van der Waals surface area contributed by atoms with Gasteiger partial charge in [-0.15, -0.1) is 24.0 Å². The van der Waals surface area contributed by atoms with Crippen molar-refractivity contribution in [1.29, 1.82) is 0 Å². The number of aromatic amines is 1. The number of halogens is 1. The number of hydrogen-bond donors (Lipinski definition) is 2. The largest absolute Gasteiger partial charge is 0.493 e. The third-order valence-electron chi connectivity index (χ3n) is 4.65. The van der Waals surface area contributed by atoms with E-state index in [0.717, 1.165) is 40.1 Å². The minimum atomic E-state index is 0. The molecule has 8 heteroatoms. The number of hydrogen-bond acceptors (Lipinski definition) is 4. The predicted molar refractivity (Wildman–Crippen MR) is 135 cm³/mol. The Morgan fingerprint density at radius 1 is 1.16 bits per heavy atom. The van der Waals surface area contributed by atoms with Crippen molar-refractivity contribution in [3.05, 3.63) is 66.1 Å². The molecule has 0 unspecified atom stereocenters. The van der Waals surface area contributed by atoms with Gasteiger partial charge in [-0.3, -0.25) is 4.99 Å². The summed E-state index contributed by atoms with van der Waals surface area (Å²) in [5, 5.41) is 3.39. The van der Waals surface area contributed by atoms with E-state index >= 15 is 0 Å². The second-order valence-corrected chi connectivity index (χ2v) is 6.78. The van der Waals surface area contributed by atoms with Gasteiger partial charge in [0.2, 0.25) is 0 Å². The van der Waals surface area contributed by atoms with E-state index in [0.29, 0.717) is 19.7 Å². The predicted octanol–water partition coefficient (Wildman–Crippen LogP) is 4.31. The van der Waals surface area contributed by atoms with Crippen molar-refractivity contribution in [2.24, 2.45) is 4.99 Å². The Morgan fingerprint density at radius 2 is 1.94 bits per heavy atom. The van der Waals surface area contributed by atoms with E-state index < -0.39 is 0 Å². The molecule has 0 aliphatic carbocycles. The van der Waals surface area contributed by atoms with Crippen LogP contribution in [0.25, 0.3) is 11.3 Å². The lowest BCUT2D eigenvalue weighted by Crippen LogP contribution is -2.38. The maximum atomic E-state index is 5.66. The van der Waals surface area contributed by atoms with Crippen LogP contribution >= 0.6 is 24.0 Å². The SMILES string of the molecule is CCOc1cc(CNC(=NC)N(C)Cc2ncc(-c3ccccc3)[nH]2)ccc1OC.I. The number of nitrogens with zero attached hydrogens (tertiary/aromatic N) is 3. The Balaban J connectivity index is 0.00000341. The van der Waals surface area contributed by atoms with Gasteiger partial charge in [-0.1, -0.05) is 36.4 Å². The first-order chi connectivity index (χ1) is 14.6. The molecule has 0 aliphatic rings. The zero-order chi connectivity index (χ0) is 21.3. The fraction of sp³-hybridized carbons (Fsp3) is 0.304. The molecule has 0 fully saturated rings. The van der Waals surface area contributed by atoms with E-state index in [-0.39, 0.29) is 24.0 Å². The lowest BCUT2D eigenvalue weighted by atomic mass is 10.2. The molecule has 0 radical (unpaired) electrons. The number of imidazole rings is 1. The van der Waals surface area contributed by atoms with Gasteiger partial charge in [0.15, 0.2) is 17.5 Å². The van der Waals surface area contributed by atoms with Crippen LogP contribution in [0.3, 0.4) is 0 Å². The van der Waals surface area contributed by atoms with E-state index in [4.69, 9.17) is 9.47 Å². The van der Waals surface area contributed by atoms with E-state index in [1.54, 1.807) is 14.2 Å². The molecule has 0 spiro atoms. The minimum absolute atomic E-state index is 0. The quantitative estimate of drug-likeness (QED) is 0.256. The van der Waals surface area contributed by atoms with Crippen molar-refractivity contribution in [3.8, 4) is 22.8 Å². The van der Waals surface area contributed by atoms with Crippen LogP contribution in [0.4, 0.5) is 0 Å². The second-order valence-electron chi connectivity index (χ2n) is 6.78. The highest BCUT2D eigenvalue weighted by atomic mass is 127. The molecule has 166 valence electrons. The fourth-order valence-corrected chi connectivity index (χ4v) is 3.17. The molecular weight excluding hydrogens is 505 g/mol. The lowest BCUT2D eigenvalue weighted by Gasteiger charge is -2.21. The average Bonchev–Trinajstić information content (AvgIpc) is 3.24. The van der Waals surface area contributed by atoms with Crippen LogP contribution in [0, 0.1) is 0 Å². The van der Waals surface area contributed by atoms with Gasteiger partial charge in [0.25, 0.3) is 0 Å². The summed E-state index contributed by atoms with van der Waals surface area (Å²) < 4.78 is 11.0. The first-order valence-corrected chi connectivity index (χ1v) is 9.95. The Labute approximate surface area is 200 Å². The van der Waals surface area contributed by atoms with Crippen LogP contribution in [0.2, 0.25) is 0 Å². The second kappa shape index (κ2) is 12.2. The summed E-state index contributed by atoms with van der Waals surface area (Å²) in [6.45, 7) is 3.78. The number of rotatable bonds is 8. The first kappa shape index (κ1) is 24.5. The fourth-order valence-electron chi connectivity index (χ4n) is 3.17. The van der Waals surface area contributed by atoms with E-state index in [1.807, 2.05) is 61.5 Å². The van der Waals surface area contributed by atoms with E-state index in [2.05, 4.69) is 32.4 Å². The molecule has 0 amide bonds. The topological polar surface area (TPSA) is 74.8 Å². The van der Waals surface area contributed by atoms with Crippen LogP contribution in [0.1, 0.15) is 18.3 Å². The van der Waals surface area contributed by atoms with Gasteiger partial charge < -0.3 is 24.7 Å². The Kier molecular flexibility index (Phi) is 9.64. The molecule has 31 heavy (non-hydrogen) atoms. The highest BCUT2D eigenvalue weighted by Gasteiger charge is 2.11. The zero-order valence-electron chi connectivity index (χ0n) is 18.4. The van der Waals surface area contributed by atoms with Crippen LogP contribution in [0.5, 0.6) is 11.5 Å². The molecule has 0 saturated heterocycles. The number of aliphatic imine (C=N–C) groups is 1. The van der Waals surface area contributed by atoms with Gasteiger partial charge in [0.1, 0.15) is 5.82 Å². The van der Waals surface area contributed by atoms with Crippen molar-refractivity contribution in [2.75, 3.05) is 27.8 Å². The Hall–Kier alpha value is -2.75. The standard InChI is InChI=1S/C23H29N5O2.HI/c1-5-30-21-13-17(11-12-20(21)29-4)14-26-23(24-2)28(3)16-22-25-15-19(27-22)18-9-7-6-8-10-18;/h6-13,15H,5,14,16H2,1-4H3,(H,24,26)(H,25,27);1H. The van der Waals surface area contributed by atoms with Crippen LogP contribution < -0.4 is 14.8 Å². The number of methoxy groups -OCH3 is 1. The van der Waals surface area contributed by atoms with E-state index in [1.165, 1.54) is 0 Å². The molecule has 3 aromatic rings. The number of guanidine groups is 1. The summed E-state index contributed by atoms with van der Waals surface area (Å²) in [6.07, 6.45) is 1.86. The summed E-state index contributed by atoms with van der Waals surface area (Å²) in [5.41, 5.74) is 3.20. The molecular formula is C23H30IN5O2. The van der Waals surface area contributed by atoms with E-state index in [9.17, 15) is 0 Å². The van der Waals surface area contributed by atoms with Crippen molar-refractivity contribution in [1.82, 2.24) is 20.2 Å². The summed E-state index contributed by atoms with van der Waals surface area (Å²) in [5.74, 6) is 3.13. The van der Waals surface area contributed by atoms with Gasteiger partial charge >= 0.3 is 0 Å². The van der Waals surface area contributed by atoms with Gasteiger partial charge in [-0.2, -0.15) is 0 Å². The molecule has 0 saturated carbocycles. The summed E-state index contributed by atoms with van der Waals surface area (Å²) >= 11 is 0. The van der Waals surface area contributed by atoms with Crippen molar-refractivity contribution >= 4 is 29.9 Å². The third-order valence-corrected chi connectivity index (χ3v) is 4.65. The summed E-state index contributed by atoms with van der Waals surface area (Å²) in [7, 11) is 5.40. The number of nitrogens with one attached hydrogen (secondary N) is 2. The van der Waals surface area contributed by atoms with Gasteiger partial charge in [-0.25, -0.2) is 4.98 Å². The van der Waals surface area contributed by atoms with Gasteiger partial charge in [0, 0.05) is 20.6 Å². The lowest BCUT2D eigenvalue weighted by molar-refractivity contribution is 0.310. The molecule has 1 heterocycles. The van der Waals surface area contributed by atoms with Crippen LogP contribution in [-0.2, 0) is 13.1 Å². The number of aromatic nitrogens is 2. The molecule has 0 bridgehead atoms. The molecule has 7 nitrogen and oxygen atoms in total. The molecule has 2 aromatic carbocycles. The smallest absolute Gasteiger partial charge is 0.194 e. The molecule has 0 atom stereocenters. The van der Waals surface area contributed by atoms with Crippen LogP contribution in [-0.4, -0.2) is 48.6 Å². The van der Waals surface area contributed by atoms with Gasteiger partial charge in [-0.05, 0) is 30.2 Å². The maximum absolute atomic E-state index is 5.66. The normalized spacial score (nSPS) is 10.9. The average molecular weight is 535 g/mol. The molecule has 3 rings (SSSR count). The maximum Gasteiger partial charge on any atom is 0.194 e. The number of H-pyrrole nitrogens is 1. The highest BCUT2D eigenvalue weighted by Crippen LogP contribution is 2.28. The Morgan fingerprint density at radius 3 is 2.61 bits per heavy atom. The van der Waals surface area contributed by atoms with Crippen molar-refractivity contribution in [2.45, 2.75) is 20.0 Å². The molecule has 2 N–H and O–H groups in total. The van der Waals surface area contributed by atoms with Gasteiger partial charge in [0.05, 0.1) is 32.2 Å². The number of benzene rings is 2. The third kappa shape index (κ3) is 6.61. The zero-order valence-corrected chi connectivity index (χ0v) is 20.7. The molecule has 1 aromatic heterocycles. The summed E-state index contributed by atoms with van der Waals surface area (Å²) in [6, 6.07) is 16.1. The number of ether oxygens (including phenoxy) is 2. The summed E-state index contributed by atoms with van der Waals surface area (Å²) in [4.78, 5) is 14.3. The Bertz CT molecular complexity index is 975. The monoisotopic (exact) mass is 535 g/mol. The van der Waals surface area contributed by atoms with Crippen LogP contribution in [0.15, 0.2) is 59.7 Å².